The van der Waals surface area contributed by atoms with Crippen LogP contribution in [-0.2, 0) is 10.0 Å². The Bertz CT molecular complexity index is 802. The number of rotatable bonds is 3. The van der Waals surface area contributed by atoms with Crippen molar-refractivity contribution in [3.63, 3.8) is 0 Å². The minimum Gasteiger partial charge on any atom is -0.313 e. The average molecular weight is 433 g/mol. The fourth-order valence-electron chi connectivity index (χ4n) is 2.77. The Morgan fingerprint density at radius 3 is 2.83 bits per heavy atom. The maximum absolute atomic E-state index is 13.2. The lowest BCUT2D eigenvalue weighted by molar-refractivity contribution is 0.271. The van der Waals surface area contributed by atoms with E-state index in [0.717, 1.165) is 11.1 Å². The van der Waals surface area contributed by atoms with Gasteiger partial charge in [-0.2, -0.15) is 4.31 Å². The molecule has 0 spiro atoms. The van der Waals surface area contributed by atoms with Crippen molar-refractivity contribution in [2.45, 2.75) is 17.9 Å². The number of aromatic nitrogens is 1. The van der Waals surface area contributed by atoms with E-state index in [1.54, 1.807) is 28.8 Å². The van der Waals surface area contributed by atoms with Gasteiger partial charge in [0, 0.05) is 36.5 Å². The van der Waals surface area contributed by atoms with Crippen LogP contribution >= 0.6 is 28.3 Å². The second kappa shape index (κ2) is 7.93. The van der Waals surface area contributed by atoms with Crippen LogP contribution < -0.4 is 5.32 Å². The third-order valence-electron chi connectivity index (χ3n) is 3.94. The fourth-order valence-corrected chi connectivity index (χ4v) is 5.39. The molecule has 1 saturated heterocycles. The Kier molecular flexibility index (Phi) is 6.39. The van der Waals surface area contributed by atoms with E-state index in [0.29, 0.717) is 29.0 Å². The molecular formula is C16H19BrClN3O2S. The Balaban J connectivity index is 0.00000208. The number of halogens is 2. The Morgan fingerprint density at radius 1 is 1.33 bits per heavy atom. The van der Waals surface area contributed by atoms with Gasteiger partial charge in [-0.15, -0.1) is 12.4 Å². The molecule has 8 heteroatoms. The fraction of sp³-hybridized carbons (Fsp3) is 0.312. The van der Waals surface area contributed by atoms with Crippen LogP contribution in [0.1, 0.15) is 17.2 Å². The van der Waals surface area contributed by atoms with E-state index in [-0.39, 0.29) is 18.4 Å². The molecule has 1 aromatic heterocycles. The van der Waals surface area contributed by atoms with E-state index in [1.807, 2.05) is 25.1 Å². The predicted octanol–water partition coefficient (Wildman–Crippen LogP) is 2.91. The van der Waals surface area contributed by atoms with Crippen LogP contribution in [0.5, 0.6) is 0 Å². The first-order valence-electron chi connectivity index (χ1n) is 7.39. The van der Waals surface area contributed by atoms with Crippen LogP contribution in [0.25, 0.3) is 0 Å². The summed E-state index contributed by atoms with van der Waals surface area (Å²) in [5.74, 6) is 0. The first-order valence-corrected chi connectivity index (χ1v) is 9.62. The van der Waals surface area contributed by atoms with Crippen molar-refractivity contribution >= 4 is 38.4 Å². The summed E-state index contributed by atoms with van der Waals surface area (Å²) in [7, 11) is -3.59. The molecule has 3 rings (SSSR count). The molecule has 1 N–H and O–H groups in total. The number of nitrogens with one attached hydrogen (secondary N) is 1. The molecule has 0 aliphatic carbocycles. The van der Waals surface area contributed by atoms with Gasteiger partial charge in [-0.05, 0) is 52.2 Å². The van der Waals surface area contributed by atoms with Gasteiger partial charge in [-0.25, -0.2) is 8.42 Å². The number of pyridine rings is 1. The van der Waals surface area contributed by atoms with Gasteiger partial charge in [0.2, 0.25) is 10.0 Å². The molecule has 0 bridgehead atoms. The monoisotopic (exact) mass is 431 g/mol. The lowest BCUT2D eigenvalue weighted by Crippen LogP contribution is -2.48. The van der Waals surface area contributed by atoms with Crippen LogP contribution in [-0.4, -0.2) is 37.3 Å². The zero-order valence-corrected chi connectivity index (χ0v) is 16.4. The zero-order chi connectivity index (χ0) is 16.4. The smallest absolute Gasteiger partial charge is 0.244 e. The van der Waals surface area contributed by atoms with Gasteiger partial charge >= 0.3 is 0 Å². The highest BCUT2D eigenvalue weighted by molar-refractivity contribution is 9.10. The molecule has 24 heavy (non-hydrogen) atoms. The molecule has 1 fully saturated rings. The summed E-state index contributed by atoms with van der Waals surface area (Å²) in [6, 6.07) is 8.87. The van der Waals surface area contributed by atoms with Crippen molar-refractivity contribution in [2.24, 2.45) is 0 Å². The molecule has 0 radical (unpaired) electrons. The third-order valence-corrected chi connectivity index (χ3v) is 6.84. The highest BCUT2D eigenvalue weighted by Gasteiger charge is 2.35. The standard InChI is InChI=1S/C16H18BrN3O2S.ClH/c1-12-4-5-14(17)16(9-12)23(21,22)20-8-7-19-11-15(20)13-3-2-6-18-10-13;/h2-6,9-10,15,19H,7-8,11H2,1H3;1H. The summed E-state index contributed by atoms with van der Waals surface area (Å²) in [6.45, 7) is 3.54. The number of nitrogens with zero attached hydrogens (tertiary/aromatic N) is 2. The number of sulfonamides is 1. The summed E-state index contributed by atoms with van der Waals surface area (Å²) >= 11 is 3.38. The summed E-state index contributed by atoms with van der Waals surface area (Å²) in [4.78, 5) is 4.44. The molecule has 130 valence electrons. The van der Waals surface area contributed by atoms with Crippen LogP contribution in [0.4, 0.5) is 0 Å². The lowest BCUT2D eigenvalue weighted by Gasteiger charge is -2.35. The van der Waals surface area contributed by atoms with Crippen molar-refractivity contribution < 1.29 is 8.42 Å². The topological polar surface area (TPSA) is 62.3 Å². The molecule has 1 atom stereocenters. The first kappa shape index (κ1) is 19.3. The van der Waals surface area contributed by atoms with E-state index >= 15 is 0 Å². The van der Waals surface area contributed by atoms with Gasteiger partial charge in [0.15, 0.2) is 0 Å². The molecule has 1 aromatic carbocycles. The van der Waals surface area contributed by atoms with Gasteiger partial charge in [0.25, 0.3) is 0 Å². The molecule has 2 heterocycles. The molecular weight excluding hydrogens is 414 g/mol. The van der Waals surface area contributed by atoms with Crippen LogP contribution in [0.15, 0.2) is 52.1 Å². The van der Waals surface area contributed by atoms with E-state index in [9.17, 15) is 8.42 Å². The van der Waals surface area contributed by atoms with Crippen molar-refractivity contribution in [1.29, 1.82) is 0 Å². The molecule has 5 nitrogen and oxygen atoms in total. The minimum atomic E-state index is -3.59. The predicted molar refractivity (Wildman–Crippen MR) is 99.9 cm³/mol. The number of hydrogen-bond acceptors (Lipinski definition) is 4. The zero-order valence-electron chi connectivity index (χ0n) is 13.1. The van der Waals surface area contributed by atoms with Gasteiger partial charge in [-0.3, -0.25) is 4.98 Å². The van der Waals surface area contributed by atoms with Crippen molar-refractivity contribution in [2.75, 3.05) is 19.6 Å². The SMILES string of the molecule is Cc1ccc(Br)c(S(=O)(=O)N2CCNCC2c2cccnc2)c1.Cl. The number of aryl methyl sites for hydroxylation is 1. The van der Waals surface area contributed by atoms with E-state index in [1.165, 1.54) is 0 Å². The number of benzene rings is 1. The van der Waals surface area contributed by atoms with Crippen LogP contribution in [0, 0.1) is 6.92 Å². The second-order valence-corrected chi connectivity index (χ2v) is 8.27. The summed E-state index contributed by atoms with van der Waals surface area (Å²) in [5.41, 5.74) is 1.81. The van der Waals surface area contributed by atoms with Gasteiger partial charge < -0.3 is 5.32 Å². The van der Waals surface area contributed by atoms with E-state index in [4.69, 9.17) is 0 Å². The summed E-state index contributed by atoms with van der Waals surface area (Å²) in [5, 5.41) is 3.27. The lowest BCUT2D eigenvalue weighted by atomic mass is 10.1. The molecule has 1 unspecified atom stereocenters. The van der Waals surface area contributed by atoms with Crippen molar-refractivity contribution in [3.8, 4) is 0 Å². The maximum atomic E-state index is 13.2. The molecule has 0 amide bonds. The highest BCUT2D eigenvalue weighted by atomic mass is 79.9. The normalized spacial score (nSPS) is 18.8. The van der Waals surface area contributed by atoms with E-state index < -0.39 is 10.0 Å². The summed E-state index contributed by atoms with van der Waals surface area (Å²) < 4.78 is 28.5. The second-order valence-electron chi connectivity index (χ2n) is 5.56. The number of piperazine rings is 1. The maximum Gasteiger partial charge on any atom is 0.244 e. The molecule has 1 aliphatic heterocycles. The molecule has 0 saturated carbocycles. The third kappa shape index (κ3) is 3.81. The molecule has 1 aliphatic rings. The van der Waals surface area contributed by atoms with Crippen LogP contribution in [0.3, 0.4) is 0 Å². The Hall–Kier alpha value is -0.990. The van der Waals surface area contributed by atoms with E-state index in [2.05, 4.69) is 26.2 Å². The number of hydrogen-bond donors (Lipinski definition) is 1. The Labute approximate surface area is 157 Å². The first-order chi connectivity index (χ1) is 11.0. The Morgan fingerprint density at radius 2 is 2.12 bits per heavy atom. The van der Waals surface area contributed by atoms with Gasteiger partial charge in [-0.1, -0.05) is 12.1 Å². The summed E-state index contributed by atoms with van der Waals surface area (Å²) in [6.07, 6.45) is 3.42. The highest BCUT2D eigenvalue weighted by Crippen LogP contribution is 2.32. The van der Waals surface area contributed by atoms with Crippen LogP contribution in [0.2, 0.25) is 0 Å². The molecule has 2 aromatic rings. The average Bonchev–Trinajstić information content (AvgIpc) is 2.58. The minimum absolute atomic E-state index is 0. The van der Waals surface area contributed by atoms with Crippen molar-refractivity contribution in [3.05, 3.63) is 58.3 Å². The van der Waals surface area contributed by atoms with Crippen molar-refractivity contribution in [1.82, 2.24) is 14.6 Å². The quantitative estimate of drug-likeness (QED) is 0.810. The van der Waals surface area contributed by atoms with Gasteiger partial charge in [0.05, 0.1) is 10.9 Å². The van der Waals surface area contributed by atoms with Gasteiger partial charge in [0.1, 0.15) is 0 Å². The largest absolute Gasteiger partial charge is 0.313 e.